The highest BCUT2D eigenvalue weighted by molar-refractivity contribution is 5.69. The van der Waals surface area contributed by atoms with Crippen molar-refractivity contribution in [1.82, 2.24) is 19.9 Å². The maximum absolute atomic E-state index is 11.8. The molecular formula is C10H14N6O. The number of aromatic amines is 2. The number of nitrogens with two attached hydrogens (primary N) is 1. The van der Waals surface area contributed by atoms with E-state index in [0.29, 0.717) is 17.1 Å². The Morgan fingerprint density at radius 1 is 1.53 bits per heavy atom. The summed E-state index contributed by atoms with van der Waals surface area (Å²) in [7, 11) is 0. The molecule has 0 saturated carbocycles. The molecule has 1 fully saturated rings. The lowest BCUT2D eigenvalue weighted by Gasteiger charge is -2.30. The summed E-state index contributed by atoms with van der Waals surface area (Å²) in [5, 5.41) is 0. The highest BCUT2D eigenvalue weighted by Crippen LogP contribution is 2.14. The zero-order chi connectivity index (χ0) is 11.8. The van der Waals surface area contributed by atoms with E-state index in [1.165, 1.54) is 6.33 Å². The van der Waals surface area contributed by atoms with Gasteiger partial charge in [-0.1, -0.05) is 0 Å². The van der Waals surface area contributed by atoms with Gasteiger partial charge in [0.15, 0.2) is 11.2 Å². The van der Waals surface area contributed by atoms with Crippen LogP contribution in [-0.4, -0.2) is 39.1 Å². The van der Waals surface area contributed by atoms with Crippen LogP contribution in [0, 0.1) is 0 Å². The van der Waals surface area contributed by atoms with E-state index in [4.69, 9.17) is 5.73 Å². The summed E-state index contributed by atoms with van der Waals surface area (Å²) < 4.78 is 0. The normalized spacial score (nSPS) is 21.0. The smallest absolute Gasteiger partial charge is 0.278 e. The van der Waals surface area contributed by atoms with Gasteiger partial charge < -0.3 is 15.6 Å². The second-order valence-corrected chi connectivity index (χ2v) is 4.34. The van der Waals surface area contributed by atoms with Gasteiger partial charge in [0, 0.05) is 19.1 Å². The van der Waals surface area contributed by atoms with E-state index < -0.39 is 0 Å². The van der Waals surface area contributed by atoms with Gasteiger partial charge in [-0.15, -0.1) is 0 Å². The molecule has 90 valence electrons. The number of rotatable bonds is 1. The first-order chi connectivity index (χ1) is 8.24. The molecule has 0 aliphatic carbocycles. The van der Waals surface area contributed by atoms with Crippen LogP contribution >= 0.6 is 0 Å². The van der Waals surface area contributed by atoms with E-state index in [0.717, 1.165) is 25.9 Å². The van der Waals surface area contributed by atoms with Crippen molar-refractivity contribution in [2.24, 2.45) is 5.73 Å². The Morgan fingerprint density at radius 3 is 3.24 bits per heavy atom. The molecule has 4 N–H and O–H groups in total. The van der Waals surface area contributed by atoms with Crippen LogP contribution in [0.1, 0.15) is 12.8 Å². The molecule has 1 atom stereocenters. The van der Waals surface area contributed by atoms with Crippen molar-refractivity contribution in [2.75, 3.05) is 18.0 Å². The van der Waals surface area contributed by atoms with Crippen molar-refractivity contribution in [3.63, 3.8) is 0 Å². The molecule has 0 unspecified atom stereocenters. The standard InChI is InChI=1S/C10H14N6O/c11-6-2-1-3-16(4-6)10-14-8-7(9(17)15-10)12-5-13-8/h5-6H,1-4,11H2,(H2,12,13,14,15,17)/t6-/m1/s1. The Labute approximate surface area is 97.1 Å². The lowest BCUT2D eigenvalue weighted by Crippen LogP contribution is -2.44. The molecule has 2 aromatic heterocycles. The van der Waals surface area contributed by atoms with Crippen LogP contribution in [0.5, 0.6) is 0 Å². The molecule has 2 aromatic rings. The van der Waals surface area contributed by atoms with Crippen LogP contribution in [-0.2, 0) is 0 Å². The average Bonchev–Trinajstić information content (AvgIpc) is 2.77. The first-order valence-corrected chi connectivity index (χ1v) is 5.68. The number of anilines is 1. The quantitative estimate of drug-likeness (QED) is 0.621. The van der Waals surface area contributed by atoms with Crippen LogP contribution in [0.2, 0.25) is 0 Å². The fourth-order valence-corrected chi connectivity index (χ4v) is 2.18. The number of hydrogen-bond donors (Lipinski definition) is 3. The van der Waals surface area contributed by atoms with E-state index in [1.54, 1.807) is 0 Å². The Hall–Kier alpha value is -1.89. The van der Waals surface area contributed by atoms with Gasteiger partial charge in [0.1, 0.15) is 0 Å². The molecule has 3 heterocycles. The number of nitrogens with one attached hydrogen (secondary N) is 2. The number of fused-ring (bicyclic) bond motifs is 1. The first-order valence-electron chi connectivity index (χ1n) is 5.68. The maximum atomic E-state index is 11.8. The molecule has 1 aliphatic rings. The predicted molar refractivity (Wildman–Crippen MR) is 63.9 cm³/mol. The summed E-state index contributed by atoms with van der Waals surface area (Å²) in [6.45, 7) is 1.59. The number of imidazole rings is 1. The van der Waals surface area contributed by atoms with Crippen molar-refractivity contribution in [1.29, 1.82) is 0 Å². The fourth-order valence-electron chi connectivity index (χ4n) is 2.18. The number of aromatic nitrogens is 4. The van der Waals surface area contributed by atoms with Gasteiger partial charge in [0.25, 0.3) is 5.56 Å². The third kappa shape index (κ3) is 1.78. The number of hydrogen-bond acceptors (Lipinski definition) is 5. The van der Waals surface area contributed by atoms with Crippen LogP contribution in [0.4, 0.5) is 5.95 Å². The van der Waals surface area contributed by atoms with Crippen LogP contribution < -0.4 is 16.2 Å². The van der Waals surface area contributed by atoms with Gasteiger partial charge in [0.05, 0.1) is 6.33 Å². The van der Waals surface area contributed by atoms with E-state index in [9.17, 15) is 4.79 Å². The van der Waals surface area contributed by atoms with E-state index >= 15 is 0 Å². The highest BCUT2D eigenvalue weighted by Gasteiger charge is 2.19. The SMILES string of the molecule is N[C@@H]1CCCN(c2nc3nc[nH]c3c(=O)[nH]2)C1. The molecule has 7 heteroatoms. The Morgan fingerprint density at radius 2 is 2.41 bits per heavy atom. The summed E-state index contributed by atoms with van der Waals surface area (Å²) >= 11 is 0. The minimum Gasteiger partial charge on any atom is -0.341 e. The lowest BCUT2D eigenvalue weighted by atomic mass is 10.1. The van der Waals surface area contributed by atoms with Gasteiger partial charge in [-0.05, 0) is 12.8 Å². The monoisotopic (exact) mass is 234 g/mol. The number of H-pyrrole nitrogens is 2. The van der Waals surface area contributed by atoms with Crippen molar-refractivity contribution >= 4 is 17.1 Å². The minimum atomic E-state index is -0.193. The molecule has 17 heavy (non-hydrogen) atoms. The maximum Gasteiger partial charge on any atom is 0.278 e. The summed E-state index contributed by atoms with van der Waals surface area (Å²) in [5.74, 6) is 0.560. The predicted octanol–water partition coefficient (Wildman–Crippen LogP) is -0.426. The molecule has 0 spiro atoms. The molecular weight excluding hydrogens is 220 g/mol. The second kappa shape index (κ2) is 3.85. The Kier molecular flexibility index (Phi) is 2.32. The summed E-state index contributed by atoms with van der Waals surface area (Å²) in [4.78, 5) is 27.6. The first kappa shape index (κ1) is 10.3. The van der Waals surface area contributed by atoms with E-state index in [2.05, 4.69) is 19.9 Å². The molecule has 7 nitrogen and oxygen atoms in total. The topological polar surface area (TPSA) is 104 Å². The third-order valence-electron chi connectivity index (χ3n) is 3.04. The third-order valence-corrected chi connectivity index (χ3v) is 3.04. The lowest BCUT2D eigenvalue weighted by molar-refractivity contribution is 0.500. The van der Waals surface area contributed by atoms with Gasteiger partial charge in [-0.3, -0.25) is 9.78 Å². The van der Waals surface area contributed by atoms with Crippen molar-refractivity contribution in [3.8, 4) is 0 Å². The molecule has 1 saturated heterocycles. The minimum absolute atomic E-state index is 0.143. The van der Waals surface area contributed by atoms with Crippen LogP contribution in [0.25, 0.3) is 11.2 Å². The van der Waals surface area contributed by atoms with Gasteiger partial charge in [0.2, 0.25) is 5.95 Å². The Balaban J connectivity index is 2.02. The Bertz CT molecular complexity index is 588. The van der Waals surface area contributed by atoms with Crippen molar-refractivity contribution < 1.29 is 0 Å². The van der Waals surface area contributed by atoms with Gasteiger partial charge >= 0.3 is 0 Å². The average molecular weight is 234 g/mol. The largest absolute Gasteiger partial charge is 0.341 e. The molecule has 0 radical (unpaired) electrons. The summed E-state index contributed by atoms with van der Waals surface area (Å²) in [5.41, 5.74) is 6.58. The molecule has 0 bridgehead atoms. The van der Waals surface area contributed by atoms with Gasteiger partial charge in [-0.25, -0.2) is 4.98 Å². The zero-order valence-corrected chi connectivity index (χ0v) is 9.31. The van der Waals surface area contributed by atoms with Crippen LogP contribution in [0.15, 0.2) is 11.1 Å². The summed E-state index contributed by atoms with van der Waals surface area (Å²) in [6, 6.07) is 0.143. The van der Waals surface area contributed by atoms with E-state index in [1.807, 2.05) is 4.90 Å². The molecule has 0 aromatic carbocycles. The number of piperidine rings is 1. The zero-order valence-electron chi connectivity index (χ0n) is 9.31. The molecule has 3 rings (SSSR count). The van der Waals surface area contributed by atoms with Gasteiger partial charge in [-0.2, -0.15) is 4.98 Å². The van der Waals surface area contributed by atoms with Crippen molar-refractivity contribution in [3.05, 3.63) is 16.7 Å². The second-order valence-electron chi connectivity index (χ2n) is 4.34. The molecule has 0 amide bonds. The van der Waals surface area contributed by atoms with Crippen LogP contribution in [0.3, 0.4) is 0 Å². The van der Waals surface area contributed by atoms with E-state index in [-0.39, 0.29) is 11.6 Å². The van der Waals surface area contributed by atoms with Crippen molar-refractivity contribution in [2.45, 2.75) is 18.9 Å². The number of nitrogens with zero attached hydrogens (tertiary/aromatic N) is 3. The highest BCUT2D eigenvalue weighted by atomic mass is 16.1. The summed E-state index contributed by atoms with van der Waals surface area (Å²) in [6.07, 6.45) is 3.51. The molecule has 1 aliphatic heterocycles. The fraction of sp³-hybridized carbons (Fsp3) is 0.500.